The Labute approximate surface area is 249 Å². The zero-order valence-corrected chi connectivity index (χ0v) is 26.0. The van der Waals surface area contributed by atoms with E-state index in [2.05, 4.69) is 5.32 Å². The van der Waals surface area contributed by atoms with Crippen LogP contribution in [0.2, 0.25) is 5.02 Å². The van der Waals surface area contributed by atoms with Gasteiger partial charge in [0.1, 0.15) is 6.04 Å². The number of anilines is 1. The summed E-state index contributed by atoms with van der Waals surface area (Å²) in [6.07, 6.45) is 1.83. The molecule has 0 bridgehead atoms. The third kappa shape index (κ3) is 9.61. The minimum absolute atomic E-state index is 0.0571. The second-order valence-corrected chi connectivity index (χ2v) is 13.1. The van der Waals surface area contributed by atoms with E-state index in [0.29, 0.717) is 17.1 Å². The number of carbonyl (C=O) groups excluding carboxylic acids is 2. The van der Waals surface area contributed by atoms with E-state index in [-0.39, 0.29) is 43.8 Å². The zero-order valence-electron chi connectivity index (χ0n) is 24.4. The second kappa shape index (κ2) is 14.5. The number of sulfonamides is 1. The molecule has 0 spiro atoms. The molecule has 0 heterocycles. The third-order valence-electron chi connectivity index (χ3n) is 6.65. The highest BCUT2D eigenvalue weighted by Crippen LogP contribution is 2.24. The Kier molecular flexibility index (Phi) is 11.4. The minimum Gasteiger partial charge on any atom is -0.352 e. The van der Waals surface area contributed by atoms with Crippen LogP contribution in [0.5, 0.6) is 0 Å². The number of nitrogens with zero attached hydrogens (tertiary/aromatic N) is 2. The number of aryl methyl sites for hydroxylation is 2. The third-order valence-corrected chi connectivity index (χ3v) is 8.21. The molecule has 1 atom stereocenters. The lowest BCUT2D eigenvalue weighted by Gasteiger charge is -2.32. The molecule has 41 heavy (non-hydrogen) atoms. The van der Waals surface area contributed by atoms with Gasteiger partial charge in [-0.2, -0.15) is 0 Å². The standard InChI is InChI=1S/C32H40ClN3O4S/c1-23(2)34-32(38)30(21-26-12-7-6-8-13-26)35(22-27-14-9-10-15-29(27)33)31(37)16-11-17-36(41(5,39)40)28-19-24(3)18-25(4)20-28/h6-10,12-15,18-20,23,30H,11,16-17,21-22H2,1-5H3,(H,34,38). The Bertz CT molecular complexity index is 1420. The number of rotatable bonds is 13. The summed E-state index contributed by atoms with van der Waals surface area (Å²) in [5, 5.41) is 3.48. The van der Waals surface area contributed by atoms with Gasteiger partial charge in [0.05, 0.1) is 11.9 Å². The molecule has 7 nitrogen and oxygen atoms in total. The molecule has 0 aliphatic rings. The van der Waals surface area contributed by atoms with Crippen LogP contribution in [0.15, 0.2) is 72.8 Å². The Morgan fingerprint density at radius 2 is 1.54 bits per heavy atom. The average molecular weight is 598 g/mol. The molecule has 0 saturated carbocycles. The minimum atomic E-state index is -3.58. The SMILES string of the molecule is Cc1cc(C)cc(N(CCCC(=O)N(Cc2ccccc2Cl)C(Cc2ccccc2)C(=O)NC(C)C)S(C)(=O)=O)c1. The van der Waals surface area contributed by atoms with Crippen LogP contribution in [-0.4, -0.2) is 50.0 Å². The fraction of sp³-hybridized carbons (Fsp3) is 0.375. The largest absolute Gasteiger partial charge is 0.352 e. The first-order chi connectivity index (χ1) is 19.3. The number of amides is 2. The maximum absolute atomic E-state index is 13.9. The van der Waals surface area contributed by atoms with E-state index >= 15 is 0 Å². The highest BCUT2D eigenvalue weighted by molar-refractivity contribution is 7.92. The molecule has 2 amide bonds. The van der Waals surface area contributed by atoms with Gasteiger partial charge < -0.3 is 10.2 Å². The molecule has 1 unspecified atom stereocenters. The van der Waals surface area contributed by atoms with Crippen LogP contribution in [0, 0.1) is 13.8 Å². The van der Waals surface area contributed by atoms with Crippen molar-refractivity contribution >= 4 is 39.1 Å². The van der Waals surface area contributed by atoms with Crippen LogP contribution in [0.3, 0.4) is 0 Å². The molecule has 3 aromatic carbocycles. The highest BCUT2D eigenvalue weighted by Gasteiger charge is 2.31. The Hall–Kier alpha value is -3.36. The number of hydrogen-bond acceptors (Lipinski definition) is 4. The van der Waals surface area contributed by atoms with Gasteiger partial charge in [0.25, 0.3) is 0 Å². The lowest BCUT2D eigenvalue weighted by atomic mass is 10.0. The first kappa shape index (κ1) is 32.2. The van der Waals surface area contributed by atoms with Crippen molar-refractivity contribution in [3.63, 3.8) is 0 Å². The predicted octanol–water partition coefficient (Wildman–Crippen LogP) is 5.67. The van der Waals surface area contributed by atoms with E-state index in [4.69, 9.17) is 11.6 Å². The van der Waals surface area contributed by atoms with Crippen molar-refractivity contribution in [3.8, 4) is 0 Å². The van der Waals surface area contributed by atoms with Gasteiger partial charge in [-0.15, -0.1) is 0 Å². The van der Waals surface area contributed by atoms with Crippen molar-refractivity contribution in [1.29, 1.82) is 0 Å². The number of nitrogens with one attached hydrogen (secondary N) is 1. The zero-order chi connectivity index (χ0) is 30.2. The first-order valence-electron chi connectivity index (χ1n) is 13.8. The maximum atomic E-state index is 13.9. The average Bonchev–Trinajstić information content (AvgIpc) is 2.88. The molecule has 0 aliphatic carbocycles. The summed E-state index contributed by atoms with van der Waals surface area (Å²) < 4.78 is 26.8. The van der Waals surface area contributed by atoms with Gasteiger partial charge in [0.2, 0.25) is 21.8 Å². The predicted molar refractivity (Wildman–Crippen MR) is 167 cm³/mol. The maximum Gasteiger partial charge on any atom is 0.243 e. The summed E-state index contributed by atoms with van der Waals surface area (Å²) in [5.74, 6) is -0.504. The van der Waals surface area contributed by atoms with Crippen LogP contribution in [0.4, 0.5) is 5.69 Å². The Morgan fingerprint density at radius 1 is 0.927 bits per heavy atom. The van der Waals surface area contributed by atoms with Gasteiger partial charge >= 0.3 is 0 Å². The van der Waals surface area contributed by atoms with Crippen molar-refractivity contribution < 1.29 is 18.0 Å². The molecule has 3 aromatic rings. The topological polar surface area (TPSA) is 86.8 Å². The molecule has 3 rings (SSSR count). The van der Waals surface area contributed by atoms with E-state index in [0.717, 1.165) is 22.3 Å². The van der Waals surface area contributed by atoms with Crippen LogP contribution >= 0.6 is 11.6 Å². The van der Waals surface area contributed by atoms with Gasteiger partial charge in [-0.05, 0) is 74.6 Å². The fourth-order valence-electron chi connectivity index (χ4n) is 4.84. The lowest BCUT2D eigenvalue weighted by Crippen LogP contribution is -2.51. The van der Waals surface area contributed by atoms with Gasteiger partial charge in [0.15, 0.2) is 0 Å². The van der Waals surface area contributed by atoms with Crippen molar-refractivity contribution in [1.82, 2.24) is 10.2 Å². The van der Waals surface area contributed by atoms with E-state index in [1.54, 1.807) is 11.0 Å². The smallest absolute Gasteiger partial charge is 0.243 e. The molecule has 0 fully saturated rings. The summed E-state index contributed by atoms with van der Waals surface area (Å²) in [6.45, 7) is 7.88. The van der Waals surface area contributed by atoms with Crippen molar-refractivity contribution in [3.05, 3.63) is 100 Å². The van der Waals surface area contributed by atoms with Gasteiger partial charge in [-0.3, -0.25) is 13.9 Å². The molecular weight excluding hydrogens is 558 g/mol. The molecular formula is C32H40ClN3O4S. The molecule has 0 aliphatic heterocycles. The number of halogens is 1. The summed E-state index contributed by atoms with van der Waals surface area (Å²) in [5.41, 5.74) is 4.13. The monoisotopic (exact) mass is 597 g/mol. The van der Waals surface area contributed by atoms with E-state index in [1.807, 2.05) is 94.4 Å². The number of carbonyl (C=O) groups is 2. The summed E-state index contributed by atoms with van der Waals surface area (Å²) in [7, 11) is -3.58. The summed E-state index contributed by atoms with van der Waals surface area (Å²) >= 11 is 6.48. The van der Waals surface area contributed by atoms with Crippen molar-refractivity contribution in [2.75, 3.05) is 17.1 Å². The summed E-state index contributed by atoms with van der Waals surface area (Å²) in [4.78, 5) is 29.0. The normalized spacial score (nSPS) is 12.2. The fourth-order valence-corrected chi connectivity index (χ4v) is 5.99. The molecule has 0 saturated heterocycles. The highest BCUT2D eigenvalue weighted by atomic mass is 35.5. The second-order valence-electron chi connectivity index (χ2n) is 10.8. The quantitative estimate of drug-likeness (QED) is 0.275. The summed E-state index contributed by atoms with van der Waals surface area (Å²) in [6, 6.07) is 21.6. The van der Waals surface area contributed by atoms with E-state index in [9.17, 15) is 18.0 Å². The molecule has 0 radical (unpaired) electrons. The van der Waals surface area contributed by atoms with E-state index in [1.165, 1.54) is 10.6 Å². The van der Waals surface area contributed by atoms with Crippen LogP contribution < -0.4 is 9.62 Å². The molecule has 9 heteroatoms. The molecule has 0 aromatic heterocycles. The van der Waals surface area contributed by atoms with E-state index < -0.39 is 16.1 Å². The van der Waals surface area contributed by atoms with Crippen LogP contribution in [-0.2, 0) is 32.6 Å². The van der Waals surface area contributed by atoms with Crippen molar-refractivity contribution in [2.45, 2.75) is 65.6 Å². The van der Waals surface area contributed by atoms with Crippen LogP contribution in [0.1, 0.15) is 48.9 Å². The molecule has 1 N–H and O–H groups in total. The van der Waals surface area contributed by atoms with Crippen LogP contribution in [0.25, 0.3) is 0 Å². The Balaban J connectivity index is 1.90. The first-order valence-corrected chi connectivity index (χ1v) is 16.0. The van der Waals surface area contributed by atoms with Crippen molar-refractivity contribution in [2.24, 2.45) is 0 Å². The number of benzene rings is 3. The van der Waals surface area contributed by atoms with Gasteiger partial charge in [0, 0.05) is 37.0 Å². The lowest BCUT2D eigenvalue weighted by molar-refractivity contribution is -0.141. The number of hydrogen-bond donors (Lipinski definition) is 1. The van der Waals surface area contributed by atoms with Gasteiger partial charge in [-0.1, -0.05) is 66.2 Å². The molecule has 220 valence electrons. The Morgan fingerprint density at radius 3 is 2.12 bits per heavy atom. The van der Waals surface area contributed by atoms with Gasteiger partial charge in [-0.25, -0.2) is 8.42 Å².